The second-order valence-electron chi connectivity index (χ2n) is 7.77. The highest BCUT2D eigenvalue weighted by molar-refractivity contribution is 9.10. The maximum absolute atomic E-state index is 13.5. The molecule has 0 saturated carbocycles. The van der Waals surface area contributed by atoms with Crippen LogP contribution in [0.1, 0.15) is 22.2 Å². The molecule has 0 aliphatic carbocycles. The molecule has 0 bridgehead atoms. The quantitative estimate of drug-likeness (QED) is 0.127. The summed E-state index contributed by atoms with van der Waals surface area (Å²) in [5, 5.41) is 19.8. The molecule has 4 rings (SSSR count). The van der Waals surface area contributed by atoms with Gasteiger partial charge in [0.2, 0.25) is 6.54 Å². The number of ether oxygens (including phenoxy) is 2. The van der Waals surface area contributed by atoms with Gasteiger partial charge < -0.3 is 9.47 Å². The topological polar surface area (TPSA) is 92.3 Å². The van der Waals surface area contributed by atoms with Gasteiger partial charge in [0.15, 0.2) is 16.7 Å². The van der Waals surface area contributed by atoms with Crippen LogP contribution in [-0.2, 0) is 6.61 Å². The Morgan fingerprint density at radius 3 is 2.53 bits per heavy atom. The molecule has 0 amide bonds. The van der Waals surface area contributed by atoms with Crippen molar-refractivity contribution in [2.75, 3.05) is 13.7 Å². The van der Waals surface area contributed by atoms with Gasteiger partial charge in [-0.2, -0.15) is 0 Å². The van der Waals surface area contributed by atoms with Gasteiger partial charge in [0.1, 0.15) is 23.5 Å². The zero-order valence-corrected chi connectivity index (χ0v) is 21.8. The van der Waals surface area contributed by atoms with E-state index in [2.05, 4.69) is 26.1 Å². The van der Waals surface area contributed by atoms with Crippen LogP contribution in [0.25, 0.3) is 5.69 Å². The van der Waals surface area contributed by atoms with E-state index in [4.69, 9.17) is 9.47 Å². The van der Waals surface area contributed by atoms with Gasteiger partial charge in [0, 0.05) is 10.6 Å². The molecule has 0 aliphatic heterocycles. The van der Waals surface area contributed by atoms with Crippen LogP contribution in [0.2, 0.25) is 0 Å². The number of methoxy groups -OCH3 is 1. The lowest BCUT2D eigenvalue weighted by Gasteiger charge is -2.18. The summed E-state index contributed by atoms with van der Waals surface area (Å²) < 4.78 is 27.4. The third-order valence-electron chi connectivity index (χ3n) is 5.29. The minimum atomic E-state index is -0.615. The van der Waals surface area contributed by atoms with Gasteiger partial charge in [-0.3, -0.25) is 14.7 Å². The molecule has 1 heterocycles. The van der Waals surface area contributed by atoms with E-state index in [1.165, 1.54) is 31.0 Å². The van der Waals surface area contributed by atoms with Crippen LogP contribution in [0.3, 0.4) is 0 Å². The normalized spacial score (nSPS) is 11.8. The summed E-state index contributed by atoms with van der Waals surface area (Å²) in [5.74, 6) is 1.16. The number of thioether (sulfide) groups is 1. The van der Waals surface area contributed by atoms with Crippen molar-refractivity contribution < 1.29 is 18.8 Å². The summed E-state index contributed by atoms with van der Waals surface area (Å²) in [6, 6.07) is 19.1. The Balaban J connectivity index is 1.65. The Hall–Kier alpha value is -3.44. The Labute approximate surface area is 219 Å². The van der Waals surface area contributed by atoms with Crippen LogP contribution in [0.4, 0.5) is 4.39 Å². The first-order valence-electron chi connectivity index (χ1n) is 10.9. The zero-order valence-electron chi connectivity index (χ0n) is 19.4. The summed E-state index contributed by atoms with van der Waals surface area (Å²) in [4.78, 5) is 11.2. The highest BCUT2D eigenvalue weighted by Gasteiger charge is 2.26. The number of halogens is 2. The number of aromatic nitrogens is 3. The van der Waals surface area contributed by atoms with Crippen molar-refractivity contribution in [3.8, 4) is 17.2 Å². The van der Waals surface area contributed by atoms with Crippen LogP contribution in [-0.4, -0.2) is 33.3 Å². The highest BCUT2D eigenvalue weighted by Crippen LogP contribution is 2.43. The summed E-state index contributed by atoms with van der Waals surface area (Å²) in [6.07, 6.45) is 0. The van der Waals surface area contributed by atoms with Crippen LogP contribution in [0.15, 0.2) is 76.4 Å². The number of nitro groups is 1. The van der Waals surface area contributed by atoms with Crippen molar-refractivity contribution in [2.24, 2.45) is 0 Å². The van der Waals surface area contributed by atoms with Crippen LogP contribution in [0.5, 0.6) is 11.5 Å². The second-order valence-corrected chi connectivity index (χ2v) is 9.80. The Morgan fingerprint density at radius 1 is 1.14 bits per heavy atom. The summed E-state index contributed by atoms with van der Waals surface area (Å²) in [7, 11) is 1.52. The predicted molar refractivity (Wildman–Crippen MR) is 138 cm³/mol. The molecule has 1 aromatic heterocycles. The van der Waals surface area contributed by atoms with Crippen molar-refractivity contribution in [1.29, 1.82) is 0 Å². The van der Waals surface area contributed by atoms with E-state index in [1.807, 2.05) is 30.3 Å². The molecule has 0 radical (unpaired) electrons. The van der Waals surface area contributed by atoms with Crippen molar-refractivity contribution in [3.05, 3.63) is 104 Å². The molecule has 8 nitrogen and oxygen atoms in total. The second kappa shape index (κ2) is 11.5. The number of hydrogen-bond acceptors (Lipinski definition) is 7. The number of aryl methyl sites for hydroxylation is 1. The van der Waals surface area contributed by atoms with E-state index < -0.39 is 5.25 Å². The monoisotopic (exact) mass is 572 g/mol. The van der Waals surface area contributed by atoms with Crippen LogP contribution in [0, 0.1) is 22.9 Å². The molecule has 186 valence electrons. The fraction of sp³-hybridized carbons (Fsp3) is 0.200. The molecule has 0 aliphatic rings. The molecule has 0 unspecified atom stereocenters. The fourth-order valence-electron chi connectivity index (χ4n) is 3.58. The van der Waals surface area contributed by atoms with Gasteiger partial charge in [-0.1, -0.05) is 42.1 Å². The largest absolute Gasteiger partial charge is 0.493 e. The summed E-state index contributed by atoms with van der Waals surface area (Å²) >= 11 is 4.74. The zero-order chi connectivity index (χ0) is 25.7. The molecule has 1 atom stereocenters. The van der Waals surface area contributed by atoms with Gasteiger partial charge >= 0.3 is 0 Å². The molecule has 4 aromatic rings. The number of benzene rings is 3. The van der Waals surface area contributed by atoms with Crippen LogP contribution < -0.4 is 9.47 Å². The Kier molecular flexibility index (Phi) is 8.21. The first-order valence-corrected chi connectivity index (χ1v) is 12.5. The van der Waals surface area contributed by atoms with Gasteiger partial charge in [-0.25, -0.2) is 4.39 Å². The van der Waals surface area contributed by atoms with E-state index in [0.717, 1.165) is 5.56 Å². The Bertz CT molecular complexity index is 1350. The fourth-order valence-corrected chi connectivity index (χ4v) is 5.30. The predicted octanol–water partition coefficient (Wildman–Crippen LogP) is 6.18. The molecule has 11 heteroatoms. The van der Waals surface area contributed by atoms with Gasteiger partial charge in [-0.05, 0) is 70.4 Å². The smallest absolute Gasteiger partial charge is 0.220 e. The molecule has 3 aromatic carbocycles. The van der Waals surface area contributed by atoms with Crippen molar-refractivity contribution >= 4 is 27.7 Å². The van der Waals surface area contributed by atoms with Crippen molar-refractivity contribution in [1.82, 2.24) is 14.8 Å². The summed E-state index contributed by atoms with van der Waals surface area (Å²) in [5.41, 5.74) is 2.30. The van der Waals surface area contributed by atoms with Crippen molar-refractivity contribution in [2.45, 2.75) is 23.9 Å². The average molecular weight is 573 g/mol. The van der Waals surface area contributed by atoms with Gasteiger partial charge in [0.05, 0.1) is 11.6 Å². The first kappa shape index (κ1) is 25.6. The Morgan fingerprint density at radius 2 is 1.86 bits per heavy atom. The minimum absolute atomic E-state index is 0.336. The molecule has 36 heavy (non-hydrogen) atoms. The molecule has 0 spiro atoms. The maximum Gasteiger partial charge on any atom is 0.220 e. The van der Waals surface area contributed by atoms with E-state index in [0.29, 0.717) is 44.8 Å². The minimum Gasteiger partial charge on any atom is -0.493 e. The van der Waals surface area contributed by atoms with Crippen molar-refractivity contribution in [3.63, 3.8) is 0 Å². The number of rotatable bonds is 10. The molecule has 0 saturated heterocycles. The number of hydrogen-bond donors (Lipinski definition) is 0. The lowest BCUT2D eigenvalue weighted by Crippen LogP contribution is -2.12. The highest BCUT2D eigenvalue weighted by atomic mass is 79.9. The SMILES string of the molecule is COc1cc([C@H](C[N+](=O)[O-])Sc2nnc(C)n2-c2ccc(F)cc2)cc(Br)c1OCc1ccccc1. The van der Waals surface area contributed by atoms with Gasteiger partial charge in [-0.15, -0.1) is 10.2 Å². The maximum atomic E-state index is 13.5. The van der Waals surface area contributed by atoms with E-state index in [9.17, 15) is 14.5 Å². The lowest BCUT2D eigenvalue weighted by atomic mass is 10.1. The molecular weight excluding hydrogens is 551 g/mol. The van der Waals surface area contributed by atoms with E-state index >= 15 is 0 Å². The molecular formula is C25H22BrFN4O4S. The third kappa shape index (κ3) is 6.03. The standard InChI is InChI=1S/C25H22BrFN4O4S/c1-16-28-29-25(31(16)20-10-8-19(27)9-11-20)36-23(14-30(32)33)18-12-21(26)24(22(13-18)34-2)35-15-17-6-4-3-5-7-17/h3-13,23H,14-15H2,1-2H3/t23-/m0/s1. The third-order valence-corrected chi connectivity index (χ3v) is 7.06. The molecule has 0 fully saturated rings. The lowest BCUT2D eigenvalue weighted by molar-refractivity contribution is -0.479. The first-order chi connectivity index (χ1) is 17.4. The van der Waals surface area contributed by atoms with E-state index in [1.54, 1.807) is 35.8 Å². The summed E-state index contributed by atoms with van der Waals surface area (Å²) in [6.45, 7) is 1.74. The molecule has 0 N–H and O–H groups in total. The van der Waals surface area contributed by atoms with Gasteiger partial charge in [0.25, 0.3) is 0 Å². The van der Waals surface area contributed by atoms with E-state index in [-0.39, 0.29) is 17.3 Å². The van der Waals surface area contributed by atoms with Crippen LogP contribution >= 0.6 is 27.7 Å². The number of nitrogens with zero attached hydrogens (tertiary/aromatic N) is 4. The average Bonchev–Trinajstić information content (AvgIpc) is 3.23.